The summed E-state index contributed by atoms with van der Waals surface area (Å²) in [4.78, 5) is 23.6. The first-order chi connectivity index (χ1) is 7.59. The fourth-order valence-corrected chi connectivity index (χ4v) is 1.60. The molecule has 16 heavy (non-hydrogen) atoms. The lowest BCUT2D eigenvalue weighted by molar-refractivity contribution is -0.124. The van der Waals surface area contributed by atoms with Gasteiger partial charge in [-0.2, -0.15) is 0 Å². The molecule has 0 unspecified atom stereocenters. The van der Waals surface area contributed by atoms with Gasteiger partial charge < -0.3 is 5.32 Å². The fraction of sp³-hybridized carbons (Fsp3) is 0.333. The van der Waals surface area contributed by atoms with Crippen molar-refractivity contribution in [1.82, 2.24) is 5.32 Å². The maximum atomic E-state index is 11.3. The van der Waals surface area contributed by atoms with Crippen LogP contribution in [0.3, 0.4) is 0 Å². The Kier molecular flexibility index (Phi) is 4.92. The quantitative estimate of drug-likeness (QED) is 0.797. The van der Waals surface area contributed by atoms with Crippen LogP contribution in [-0.2, 0) is 9.59 Å². The van der Waals surface area contributed by atoms with Gasteiger partial charge in [0.2, 0.25) is 5.91 Å². The first kappa shape index (κ1) is 12.6. The number of hydrogen-bond acceptors (Lipinski definition) is 3. The largest absolute Gasteiger partial charge is 0.345 e. The topological polar surface area (TPSA) is 46.2 Å². The van der Waals surface area contributed by atoms with Gasteiger partial charge in [0.25, 0.3) is 0 Å². The number of rotatable bonds is 5. The molecule has 0 saturated heterocycles. The van der Waals surface area contributed by atoms with Crippen LogP contribution in [0.2, 0.25) is 0 Å². The summed E-state index contributed by atoms with van der Waals surface area (Å²) in [5, 5.41) is 4.50. The molecular weight excluding hydrogens is 222 g/mol. The van der Waals surface area contributed by atoms with E-state index >= 15 is 0 Å². The van der Waals surface area contributed by atoms with Gasteiger partial charge in [-0.05, 0) is 17.5 Å². The molecule has 0 bridgehead atoms. The molecule has 1 aromatic rings. The second-order valence-corrected chi connectivity index (χ2v) is 4.67. The molecule has 4 heteroatoms. The Labute approximate surface area is 99.2 Å². The van der Waals surface area contributed by atoms with Crippen LogP contribution in [0, 0.1) is 5.92 Å². The predicted molar refractivity (Wildman–Crippen MR) is 66.2 cm³/mol. The summed E-state index contributed by atoms with van der Waals surface area (Å²) in [5.41, 5.74) is 0. The third-order valence-corrected chi connectivity index (χ3v) is 2.86. The van der Waals surface area contributed by atoms with Gasteiger partial charge in [-0.15, -0.1) is 11.3 Å². The number of thiophene rings is 1. The summed E-state index contributed by atoms with van der Waals surface area (Å²) >= 11 is 1.56. The van der Waals surface area contributed by atoms with Gasteiger partial charge in [0.15, 0.2) is 5.78 Å². The predicted octanol–water partition coefficient (Wildman–Crippen LogP) is 2.10. The number of carbonyl (C=O) groups is 2. The lowest BCUT2D eigenvalue weighted by Gasteiger charge is -2.03. The molecule has 0 aliphatic carbocycles. The fourth-order valence-electron chi connectivity index (χ4n) is 0.981. The average molecular weight is 237 g/mol. The molecule has 0 aromatic carbocycles. The molecule has 0 spiro atoms. The number of hydrogen-bond donors (Lipinski definition) is 1. The molecule has 0 saturated carbocycles. The number of ketones is 1. The van der Waals surface area contributed by atoms with Crippen molar-refractivity contribution in [2.75, 3.05) is 6.54 Å². The molecule has 0 radical (unpaired) electrons. The van der Waals surface area contributed by atoms with Crippen molar-refractivity contribution >= 4 is 29.1 Å². The minimum atomic E-state index is -0.234. The molecule has 1 heterocycles. The number of carbonyl (C=O) groups excluding carboxylic acids is 2. The molecule has 1 amide bonds. The molecule has 1 N–H and O–H groups in total. The van der Waals surface area contributed by atoms with Gasteiger partial charge in [0.05, 0.1) is 6.54 Å². The summed E-state index contributed by atoms with van der Waals surface area (Å²) in [7, 11) is 0. The van der Waals surface area contributed by atoms with Gasteiger partial charge in [-0.3, -0.25) is 9.59 Å². The van der Waals surface area contributed by atoms with Crippen LogP contribution < -0.4 is 5.32 Å². The Balaban J connectivity index is 2.34. The van der Waals surface area contributed by atoms with E-state index in [0.717, 1.165) is 4.88 Å². The lowest BCUT2D eigenvalue weighted by Crippen LogP contribution is -2.30. The second-order valence-electron chi connectivity index (χ2n) is 3.69. The highest BCUT2D eigenvalue weighted by Crippen LogP contribution is 2.09. The normalized spacial score (nSPS) is 10.9. The van der Waals surface area contributed by atoms with E-state index in [4.69, 9.17) is 0 Å². The van der Waals surface area contributed by atoms with E-state index in [0.29, 0.717) is 0 Å². The minimum absolute atomic E-state index is 0.0397. The highest BCUT2D eigenvalue weighted by atomic mass is 32.1. The number of amides is 1. The van der Waals surface area contributed by atoms with Gasteiger partial charge in [-0.25, -0.2) is 0 Å². The van der Waals surface area contributed by atoms with E-state index < -0.39 is 0 Å². The minimum Gasteiger partial charge on any atom is -0.345 e. The molecule has 0 fully saturated rings. The van der Waals surface area contributed by atoms with Crippen molar-refractivity contribution in [3.05, 3.63) is 28.5 Å². The van der Waals surface area contributed by atoms with E-state index in [1.807, 2.05) is 31.4 Å². The van der Waals surface area contributed by atoms with Crippen LogP contribution in [-0.4, -0.2) is 18.2 Å². The van der Waals surface area contributed by atoms with Crippen molar-refractivity contribution in [2.24, 2.45) is 5.92 Å². The lowest BCUT2D eigenvalue weighted by atomic mass is 10.1. The molecule has 1 aromatic heterocycles. The van der Waals surface area contributed by atoms with E-state index in [9.17, 15) is 9.59 Å². The summed E-state index contributed by atoms with van der Waals surface area (Å²) in [6.07, 6.45) is 3.18. The molecule has 3 nitrogen and oxygen atoms in total. The molecule has 0 aliphatic heterocycles. The van der Waals surface area contributed by atoms with Gasteiger partial charge in [-0.1, -0.05) is 19.9 Å². The standard InChI is InChI=1S/C12H15NO2S/c1-9(2)11(14)8-13-12(15)6-5-10-4-3-7-16-10/h3-7,9H,8H2,1-2H3,(H,13,15). The molecule has 1 rings (SSSR count). The highest BCUT2D eigenvalue weighted by Gasteiger charge is 2.07. The van der Waals surface area contributed by atoms with Crippen LogP contribution in [0.25, 0.3) is 6.08 Å². The Morgan fingerprint density at radius 1 is 1.50 bits per heavy atom. The maximum absolute atomic E-state index is 11.3. The Morgan fingerprint density at radius 2 is 2.25 bits per heavy atom. The average Bonchev–Trinajstić information content (AvgIpc) is 2.75. The third-order valence-electron chi connectivity index (χ3n) is 2.02. The van der Waals surface area contributed by atoms with Crippen molar-refractivity contribution < 1.29 is 9.59 Å². The second kappa shape index (κ2) is 6.23. The van der Waals surface area contributed by atoms with Gasteiger partial charge in [0.1, 0.15) is 0 Å². The number of nitrogens with one attached hydrogen (secondary N) is 1. The van der Waals surface area contributed by atoms with E-state index in [1.54, 1.807) is 17.4 Å². The molecule has 0 aliphatic rings. The zero-order valence-corrected chi connectivity index (χ0v) is 10.2. The van der Waals surface area contributed by atoms with Crippen molar-refractivity contribution in [3.63, 3.8) is 0 Å². The van der Waals surface area contributed by atoms with E-state index in [-0.39, 0.29) is 24.2 Å². The van der Waals surface area contributed by atoms with Crippen molar-refractivity contribution in [3.8, 4) is 0 Å². The zero-order chi connectivity index (χ0) is 12.0. The van der Waals surface area contributed by atoms with Crippen LogP contribution in [0.4, 0.5) is 0 Å². The zero-order valence-electron chi connectivity index (χ0n) is 9.40. The maximum Gasteiger partial charge on any atom is 0.244 e. The van der Waals surface area contributed by atoms with Crippen LogP contribution in [0.5, 0.6) is 0 Å². The first-order valence-electron chi connectivity index (χ1n) is 5.11. The van der Waals surface area contributed by atoms with Crippen LogP contribution >= 0.6 is 11.3 Å². The molecule has 0 atom stereocenters. The SMILES string of the molecule is CC(C)C(=O)CNC(=O)C=Cc1cccs1. The summed E-state index contributed by atoms with van der Waals surface area (Å²) in [6.45, 7) is 3.73. The monoisotopic (exact) mass is 237 g/mol. The van der Waals surface area contributed by atoms with Crippen LogP contribution in [0.1, 0.15) is 18.7 Å². The Hall–Kier alpha value is -1.42. The van der Waals surface area contributed by atoms with Gasteiger partial charge in [0, 0.05) is 16.9 Å². The summed E-state index contributed by atoms with van der Waals surface area (Å²) < 4.78 is 0. The van der Waals surface area contributed by atoms with Gasteiger partial charge >= 0.3 is 0 Å². The summed E-state index contributed by atoms with van der Waals surface area (Å²) in [5.74, 6) is -0.234. The Bertz CT molecular complexity index is 380. The Morgan fingerprint density at radius 3 is 2.81 bits per heavy atom. The summed E-state index contributed by atoms with van der Waals surface area (Å²) in [6, 6.07) is 3.85. The van der Waals surface area contributed by atoms with Crippen molar-refractivity contribution in [2.45, 2.75) is 13.8 Å². The molecule has 86 valence electrons. The number of Topliss-reactive ketones (excluding diaryl/α,β-unsaturated/α-hetero) is 1. The highest BCUT2D eigenvalue weighted by molar-refractivity contribution is 7.10. The van der Waals surface area contributed by atoms with Crippen LogP contribution in [0.15, 0.2) is 23.6 Å². The first-order valence-corrected chi connectivity index (χ1v) is 5.99. The molecular formula is C12H15NO2S. The smallest absolute Gasteiger partial charge is 0.244 e. The third kappa shape index (κ3) is 4.40. The van der Waals surface area contributed by atoms with E-state index in [2.05, 4.69) is 5.32 Å². The van der Waals surface area contributed by atoms with E-state index in [1.165, 1.54) is 6.08 Å². The van der Waals surface area contributed by atoms with Crippen molar-refractivity contribution in [1.29, 1.82) is 0 Å².